The number of hydrogen-bond donors (Lipinski definition) is 1. The van der Waals surface area contributed by atoms with E-state index in [0.717, 1.165) is 21.3 Å². The van der Waals surface area contributed by atoms with Crippen LogP contribution in [0.3, 0.4) is 0 Å². The van der Waals surface area contributed by atoms with E-state index in [2.05, 4.69) is 10.3 Å². The van der Waals surface area contributed by atoms with Crippen molar-refractivity contribution in [3.05, 3.63) is 59.2 Å². The largest absolute Gasteiger partial charge is 0.298 e. The molecule has 20 heavy (non-hydrogen) atoms. The molecule has 3 nitrogen and oxygen atoms in total. The Balaban J connectivity index is 1.92. The maximum atomic E-state index is 12.3. The van der Waals surface area contributed by atoms with Gasteiger partial charge in [-0.25, -0.2) is 4.98 Å². The Labute approximate surface area is 121 Å². The highest BCUT2D eigenvalue weighted by Gasteiger charge is 2.12. The average Bonchev–Trinajstić information content (AvgIpc) is 2.83. The maximum Gasteiger partial charge on any atom is 0.257 e. The second-order valence-electron chi connectivity index (χ2n) is 4.71. The van der Waals surface area contributed by atoms with Gasteiger partial charge in [-0.3, -0.25) is 10.1 Å². The molecule has 1 N–H and O–H groups in total. The molecule has 4 heteroatoms. The van der Waals surface area contributed by atoms with Crippen molar-refractivity contribution in [3.63, 3.8) is 0 Å². The number of amides is 1. The normalized spacial score (nSPS) is 10.7. The Morgan fingerprint density at radius 1 is 1.05 bits per heavy atom. The summed E-state index contributed by atoms with van der Waals surface area (Å²) in [5.41, 5.74) is 3.72. The molecule has 0 aliphatic heterocycles. The Morgan fingerprint density at radius 2 is 1.80 bits per heavy atom. The molecule has 0 fully saturated rings. The lowest BCUT2D eigenvalue weighted by molar-refractivity contribution is 0.102. The molecular formula is C16H14N2OS. The van der Waals surface area contributed by atoms with E-state index < -0.39 is 0 Å². The van der Waals surface area contributed by atoms with Crippen molar-refractivity contribution in [2.45, 2.75) is 13.8 Å². The summed E-state index contributed by atoms with van der Waals surface area (Å²) in [7, 11) is 0. The molecule has 0 spiro atoms. The molecule has 1 heterocycles. The molecule has 0 saturated carbocycles. The van der Waals surface area contributed by atoms with E-state index in [1.165, 1.54) is 11.3 Å². The zero-order valence-electron chi connectivity index (χ0n) is 11.3. The number of nitrogens with one attached hydrogen (secondary N) is 1. The van der Waals surface area contributed by atoms with Crippen LogP contribution in [0, 0.1) is 13.8 Å². The highest BCUT2D eigenvalue weighted by atomic mass is 32.1. The van der Waals surface area contributed by atoms with Crippen LogP contribution in [0.2, 0.25) is 0 Å². The summed E-state index contributed by atoms with van der Waals surface area (Å²) < 4.78 is 1.09. The highest BCUT2D eigenvalue weighted by Crippen LogP contribution is 2.28. The summed E-state index contributed by atoms with van der Waals surface area (Å²) in [6.45, 7) is 3.95. The van der Waals surface area contributed by atoms with E-state index in [0.29, 0.717) is 10.7 Å². The van der Waals surface area contributed by atoms with Crippen LogP contribution in [0.1, 0.15) is 21.5 Å². The van der Waals surface area contributed by atoms with Crippen LogP contribution >= 0.6 is 11.3 Å². The number of anilines is 1. The van der Waals surface area contributed by atoms with Crippen molar-refractivity contribution in [2.24, 2.45) is 0 Å². The van der Waals surface area contributed by atoms with Crippen LogP contribution in [0.25, 0.3) is 10.2 Å². The number of aromatic nitrogens is 1. The number of carbonyl (C=O) groups is 1. The van der Waals surface area contributed by atoms with Crippen molar-refractivity contribution in [3.8, 4) is 0 Å². The van der Waals surface area contributed by atoms with Gasteiger partial charge < -0.3 is 0 Å². The summed E-state index contributed by atoms with van der Waals surface area (Å²) in [6.07, 6.45) is 0. The van der Waals surface area contributed by atoms with Gasteiger partial charge in [-0.15, -0.1) is 0 Å². The third kappa shape index (κ3) is 2.30. The molecule has 1 amide bonds. The Hall–Kier alpha value is -2.20. The van der Waals surface area contributed by atoms with E-state index in [-0.39, 0.29) is 5.91 Å². The average molecular weight is 282 g/mol. The van der Waals surface area contributed by atoms with Gasteiger partial charge in [0.15, 0.2) is 5.13 Å². The summed E-state index contributed by atoms with van der Waals surface area (Å²) in [4.78, 5) is 16.7. The van der Waals surface area contributed by atoms with Gasteiger partial charge in [0.2, 0.25) is 0 Å². The van der Waals surface area contributed by atoms with E-state index in [4.69, 9.17) is 0 Å². The van der Waals surface area contributed by atoms with Crippen LogP contribution in [-0.4, -0.2) is 10.9 Å². The van der Waals surface area contributed by atoms with Crippen LogP contribution in [0.4, 0.5) is 5.13 Å². The lowest BCUT2D eigenvalue weighted by Gasteiger charge is -2.04. The molecule has 2 aromatic carbocycles. The predicted molar refractivity (Wildman–Crippen MR) is 83.5 cm³/mol. The molecule has 0 atom stereocenters. The number of benzene rings is 2. The van der Waals surface area contributed by atoms with Gasteiger partial charge in [-0.1, -0.05) is 41.7 Å². The van der Waals surface area contributed by atoms with Crippen molar-refractivity contribution < 1.29 is 4.79 Å². The molecule has 0 bridgehead atoms. The van der Waals surface area contributed by atoms with Gasteiger partial charge in [0.1, 0.15) is 0 Å². The van der Waals surface area contributed by atoms with Crippen LogP contribution < -0.4 is 5.32 Å². The molecule has 0 aliphatic rings. The zero-order valence-corrected chi connectivity index (χ0v) is 12.1. The van der Waals surface area contributed by atoms with Gasteiger partial charge in [0, 0.05) is 5.56 Å². The van der Waals surface area contributed by atoms with Gasteiger partial charge in [-0.05, 0) is 37.1 Å². The fraction of sp³-hybridized carbons (Fsp3) is 0.125. The van der Waals surface area contributed by atoms with Crippen LogP contribution in [0.5, 0.6) is 0 Å². The predicted octanol–water partition coefficient (Wildman–Crippen LogP) is 4.17. The fourth-order valence-electron chi connectivity index (χ4n) is 2.13. The molecule has 0 radical (unpaired) electrons. The molecule has 0 aliphatic carbocycles. The first-order valence-electron chi connectivity index (χ1n) is 6.38. The van der Waals surface area contributed by atoms with Crippen LogP contribution in [0.15, 0.2) is 42.5 Å². The number of hydrogen-bond acceptors (Lipinski definition) is 3. The lowest BCUT2D eigenvalue weighted by atomic mass is 10.1. The number of thiazole rings is 1. The Morgan fingerprint density at radius 3 is 2.55 bits per heavy atom. The summed E-state index contributed by atoms with van der Waals surface area (Å²) in [6, 6.07) is 13.6. The number of aryl methyl sites for hydroxylation is 2. The number of carbonyl (C=O) groups excluding carboxylic acids is 1. The van der Waals surface area contributed by atoms with Crippen molar-refractivity contribution >= 4 is 32.6 Å². The van der Waals surface area contributed by atoms with E-state index >= 15 is 0 Å². The van der Waals surface area contributed by atoms with E-state index in [1.54, 1.807) is 0 Å². The molecular weight excluding hydrogens is 268 g/mol. The van der Waals surface area contributed by atoms with E-state index in [1.807, 2.05) is 56.3 Å². The number of fused-ring (bicyclic) bond motifs is 1. The second kappa shape index (κ2) is 5.06. The molecule has 3 aromatic rings. The number of para-hydroxylation sites is 1. The molecule has 0 unspecified atom stereocenters. The van der Waals surface area contributed by atoms with Gasteiger partial charge in [0.25, 0.3) is 5.91 Å². The Bertz CT molecular complexity index is 792. The topological polar surface area (TPSA) is 42.0 Å². The summed E-state index contributed by atoms with van der Waals surface area (Å²) >= 11 is 1.50. The Kier molecular flexibility index (Phi) is 3.24. The zero-order chi connectivity index (χ0) is 14.1. The van der Waals surface area contributed by atoms with Gasteiger partial charge in [-0.2, -0.15) is 0 Å². The molecule has 0 saturated heterocycles. The van der Waals surface area contributed by atoms with E-state index in [9.17, 15) is 4.79 Å². The first kappa shape index (κ1) is 12.8. The molecule has 3 rings (SSSR count). The lowest BCUT2D eigenvalue weighted by Crippen LogP contribution is -2.12. The second-order valence-corrected chi connectivity index (χ2v) is 5.74. The van der Waals surface area contributed by atoms with Crippen LogP contribution in [-0.2, 0) is 0 Å². The standard InChI is InChI=1S/C16H14N2OS/c1-10-6-3-4-8-12(10)15(19)18-16-17-14-11(2)7-5-9-13(14)20-16/h3-9H,1-2H3,(H,17,18,19). The first-order chi connectivity index (χ1) is 9.65. The van der Waals surface area contributed by atoms with Crippen molar-refractivity contribution in [1.82, 2.24) is 4.98 Å². The minimum atomic E-state index is -0.111. The monoisotopic (exact) mass is 282 g/mol. The third-order valence-corrected chi connectivity index (χ3v) is 4.17. The quantitative estimate of drug-likeness (QED) is 0.766. The number of nitrogens with zero attached hydrogens (tertiary/aromatic N) is 1. The molecule has 1 aromatic heterocycles. The highest BCUT2D eigenvalue weighted by molar-refractivity contribution is 7.22. The van der Waals surface area contributed by atoms with Crippen molar-refractivity contribution in [1.29, 1.82) is 0 Å². The summed E-state index contributed by atoms with van der Waals surface area (Å²) in [5.74, 6) is -0.111. The number of rotatable bonds is 2. The fourth-order valence-corrected chi connectivity index (χ4v) is 3.07. The maximum absolute atomic E-state index is 12.3. The molecule has 100 valence electrons. The smallest absolute Gasteiger partial charge is 0.257 e. The van der Waals surface area contributed by atoms with Crippen molar-refractivity contribution in [2.75, 3.05) is 5.32 Å². The SMILES string of the molecule is Cc1ccccc1C(=O)Nc1nc2c(C)cccc2s1. The summed E-state index contributed by atoms with van der Waals surface area (Å²) in [5, 5.41) is 3.53. The minimum Gasteiger partial charge on any atom is -0.298 e. The minimum absolute atomic E-state index is 0.111. The van der Waals surface area contributed by atoms with Gasteiger partial charge in [0.05, 0.1) is 10.2 Å². The van der Waals surface area contributed by atoms with Gasteiger partial charge >= 0.3 is 0 Å². The first-order valence-corrected chi connectivity index (χ1v) is 7.20. The third-order valence-electron chi connectivity index (χ3n) is 3.23.